The average Bonchev–Trinajstić information content (AvgIpc) is 3.35. The number of carbonyl (C=O) groups is 1. The number of piperidine rings is 1. The van der Waals surface area contributed by atoms with E-state index >= 15 is 0 Å². The van der Waals surface area contributed by atoms with Gasteiger partial charge in [-0.2, -0.15) is 5.10 Å². The van der Waals surface area contributed by atoms with Crippen LogP contribution in [0, 0.1) is 0 Å². The number of nitrogens with zero attached hydrogens (tertiary/aromatic N) is 3. The highest BCUT2D eigenvalue weighted by Gasteiger charge is 2.34. The number of nitrogens with one attached hydrogen (secondary N) is 2. The first-order valence-corrected chi connectivity index (χ1v) is 9.13. The molecule has 0 bridgehead atoms. The van der Waals surface area contributed by atoms with E-state index in [-0.39, 0.29) is 11.9 Å². The van der Waals surface area contributed by atoms with Crippen molar-refractivity contribution < 1.29 is 4.79 Å². The molecule has 0 saturated carbocycles. The maximum absolute atomic E-state index is 13.2. The molecular weight excluding hydrogens is 314 g/mol. The third-order valence-electron chi connectivity index (χ3n) is 5.50. The molecule has 0 radical (unpaired) electrons. The number of likely N-dealkylation sites (tertiary alicyclic amines) is 1. The summed E-state index contributed by atoms with van der Waals surface area (Å²) >= 11 is 0. The molecule has 25 heavy (non-hydrogen) atoms. The summed E-state index contributed by atoms with van der Waals surface area (Å²) in [7, 11) is 0. The van der Waals surface area contributed by atoms with Gasteiger partial charge in [0.25, 0.3) is 5.91 Å². The molecule has 1 saturated heterocycles. The number of carbonyl (C=O) groups excluding carboxylic acids is 1. The zero-order chi connectivity index (χ0) is 16.8. The van der Waals surface area contributed by atoms with E-state index in [2.05, 4.69) is 15.2 Å². The van der Waals surface area contributed by atoms with Gasteiger partial charge in [-0.3, -0.25) is 9.89 Å². The van der Waals surface area contributed by atoms with E-state index in [1.807, 2.05) is 29.2 Å². The lowest BCUT2D eigenvalue weighted by molar-refractivity contribution is 0.0594. The average molecular weight is 335 g/mol. The summed E-state index contributed by atoms with van der Waals surface area (Å²) in [6, 6.07) is 8.03. The molecule has 1 aromatic carbocycles. The van der Waals surface area contributed by atoms with E-state index in [1.165, 1.54) is 0 Å². The second-order valence-electron chi connectivity index (χ2n) is 7.03. The number of aromatic amines is 2. The van der Waals surface area contributed by atoms with Crippen LogP contribution >= 0.6 is 0 Å². The van der Waals surface area contributed by atoms with Gasteiger partial charge in [-0.1, -0.05) is 12.1 Å². The molecule has 1 fully saturated rings. The normalized spacial score (nSPS) is 20.2. The summed E-state index contributed by atoms with van der Waals surface area (Å²) < 4.78 is 0. The molecule has 1 atom stereocenters. The van der Waals surface area contributed by atoms with Crippen molar-refractivity contribution in [3.8, 4) is 0 Å². The number of aryl methyl sites for hydroxylation is 1. The SMILES string of the molecule is O=C(c1n[nH]c2c1CCC2)N1CCCCC1c1nc2ccccc2[nH]1. The van der Waals surface area contributed by atoms with Gasteiger partial charge < -0.3 is 9.88 Å². The minimum Gasteiger partial charge on any atom is -0.340 e. The topological polar surface area (TPSA) is 77.7 Å². The van der Waals surface area contributed by atoms with Crippen LogP contribution in [0.3, 0.4) is 0 Å². The lowest BCUT2D eigenvalue weighted by Gasteiger charge is -2.34. The van der Waals surface area contributed by atoms with Crippen LogP contribution in [-0.2, 0) is 12.8 Å². The van der Waals surface area contributed by atoms with E-state index in [0.717, 1.165) is 73.2 Å². The number of rotatable bonds is 2. The van der Waals surface area contributed by atoms with Crippen LogP contribution in [0.5, 0.6) is 0 Å². The van der Waals surface area contributed by atoms with Crippen molar-refractivity contribution in [3.63, 3.8) is 0 Å². The molecule has 5 rings (SSSR count). The molecule has 2 N–H and O–H groups in total. The van der Waals surface area contributed by atoms with Crippen molar-refractivity contribution in [2.24, 2.45) is 0 Å². The zero-order valence-corrected chi connectivity index (χ0v) is 14.1. The predicted molar refractivity (Wildman–Crippen MR) is 94.3 cm³/mol. The Bertz CT molecular complexity index is 907. The Morgan fingerprint density at radius 2 is 2.08 bits per heavy atom. The highest BCUT2D eigenvalue weighted by atomic mass is 16.2. The molecule has 0 spiro atoms. The van der Waals surface area contributed by atoms with Crippen LogP contribution in [0.15, 0.2) is 24.3 Å². The monoisotopic (exact) mass is 335 g/mol. The number of benzene rings is 1. The minimum atomic E-state index is 0.00223. The van der Waals surface area contributed by atoms with Gasteiger partial charge in [-0.05, 0) is 50.7 Å². The van der Waals surface area contributed by atoms with Gasteiger partial charge in [0.1, 0.15) is 5.82 Å². The second-order valence-corrected chi connectivity index (χ2v) is 7.03. The van der Waals surface area contributed by atoms with E-state index in [0.29, 0.717) is 5.69 Å². The summed E-state index contributed by atoms with van der Waals surface area (Å²) in [5.41, 5.74) is 4.86. The Balaban J connectivity index is 1.50. The molecule has 1 amide bonds. The van der Waals surface area contributed by atoms with Gasteiger partial charge in [0.15, 0.2) is 5.69 Å². The minimum absolute atomic E-state index is 0.00223. The highest BCUT2D eigenvalue weighted by molar-refractivity contribution is 5.94. The van der Waals surface area contributed by atoms with Gasteiger partial charge >= 0.3 is 0 Å². The quantitative estimate of drug-likeness (QED) is 0.755. The summed E-state index contributed by atoms with van der Waals surface area (Å²) in [4.78, 5) is 23.3. The van der Waals surface area contributed by atoms with E-state index in [4.69, 9.17) is 4.98 Å². The first-order chi connectivity index (χ1) is 12.3. The Hall–Kier alpha value is -2.63. The molecule has 3 aromatic rings. The fourth-order valence-electron chi connectivity index (χ4n) is 4.22. The van der Waals surface area contributed by atoms with Crippen LogP contribution in [0.2, 0.25) is 0 Å². The van der Waals surface area contributed by atoms with Crippen LogP contribution < -0.4 is 0 Å². The Morgan fingerprint density at radius 1 is 1.16 bits per heavy atom. The third-order valence-corrected chi connectivity index (χ3v) is 5.50. The predicted octanol–water partition coefficient (Wildman–Crippen LogP) is 3.14. The standard InChI is InChI=1S/C19H21N5O/c25-19(17-12-6-5-9-13(12)22-23-17)24-11-4-3-10-16(24)18-20-14-7-1-2-8-15(14)21-18/h1-2,7-8,16H,3-6,9-11H2,(H,20,21)(H,22,23). The van der Waals surface area contributed by atoms with Crippen molar-refractivity contribution in [2.75, 3.05) is 6.54 Å². The number of fused-ring (bicyclic) bond motifs is 2. The number of hydrogen-bond donors (Lipinski definition) is 2. The first kappa shape index (κ1) is 14.7. The lowest BCUT2D eigenvalue weighted by atomic mass is 10.0. The number of para-hydroxylation sites is 2. The van der Waals surface area contributed by atoms with Gasteiger partial charge in [-0.25, -0.2) is 4.98 Å². The summed E-state index contributed by atoms with van der Waals surface area (Å²) in [5, 5.41) is 7.40. The third kappa shape index (κ3) is 2.35. The molecule has 2 aromatic heterocycles. The summed E-state index contributed by atoms with van der Waals surface area (Å²) in [6.07, 6.45) is 6.16. The maximum atomic E-state index is 13.2. The highest BCUT2D eigenvalue weighted by Crippen LogP contribution is 2.33. The number of aromatic nitrogens is 4. The van der Waals surface area contributed by atoms with Crippen LogP contribution in [-0.4, -0.2) is 37.5 Å². The Morgan fingerprint density at radius 3 is 3.00 bits per heavy atom. The molecule has 3 heterocycles. The largest absolute Gasteiger partial charge is 0.340 e. The number of H-pyrrole nitrogens is 2. The fraction of sp³-hybridized carbons (Fsp3) is 0.421. The van der Waals surface area contributed by atoms with Crippen molar-refractivity contribution in [3.05, 3.63) is 47.0 Å². The summed E-state index contributed by atoms with van der Waals surface area (Å²) in [6.45, 7) is 0.766. The van der Waals surface area contributed by atoms with Crippen molar-refractivity contribution >= 4 is 16.9 Å². The van der Waals surface area contributed by atoms with Gasteiger partial charge in [0, 0.05) is 17.8 Å². The molecule has 128 valence electrons. The van der Waals surface area contributed by atoms with Crippen molar-refractivity contribution in [2.45, 2.75) is 44.6 Å². The maximum Gasteiger partial charge on any atom is 0.275 e. The molecule has 6 nitrogen and oxygen atoms in total. The second kappa shape index (κ2) is 5.72. The van der Waals surface area contributed by atoms with Crippen molar-refractivity contribution in [1.29, 1.82) is 0 Å². The molecule has 1 unspecified atom stereocenters. The van der Waals surface area contributed by atoms with E-state index in [9.17, 15) is 4.79 Å². The van der Waals surface area contributed by atoms with Crippen LogP contribution in [0.1, 0.15) is 59.3 Å². The van der Waals surface area contributed by atoms with E-state index in [1.54, 1.807) is 0 Å². The number of hydrogen-bond acceptors (Lipinski definition) is 3. The smallest absolute Gasteiger partial charge is 0.275 e. The number of amides is 1. The molecule has 6 heteroatoms. The van der Waals surface area contributed by atoms with Gasteiger partial charge in [0.2, 0.25) is 0 Å². The lowest BCUT2D eigenvalue weighted by Crippen LogP contribution is -2.39. The van der Waals surface area contributed by atoms with Crippen LogP contribution in [0.4, 0.5) is 0 Å². The zero-order valence-electron chi connectivity index (χ0n) is 14.1. The molecular formula is C19H21N5O. The van der Waals surface area contributed by atoms with Gasteiger partial charge in [-0.15, -0.1) is 0 Å². The molecule has 1 aliphatic carbocycles. The van der Waals surface area contributed by atoms with E-state index < -0.39 is 0 Å². The van der Waals surface area contributed by atoms with Crippen LogP contribution in [0.25, 0.3) is 11.0 Å². The first-order valence-electron chi connectivity index (χ1n) is 9.13. The fourth-order valence-corrected chi connectivity index (χ4v) is 4.22. The molecule has 1 aliphatic heterocycles. The Kier molecular flexibility index (Phi) is 3.36. The summed E-state index contributed by atoms with van der Waals surface area (Å²) in [5.74, 6) is 0.936. The number of imidazole rings is 1. The van der Waals surface area contributed by atoms with Gasteiger partial charge in [0.05, 0.1) is 17.1 Å². The van der Waals surface area contributed by atoms with Crippen molar-refractivity contribution in [1.82, 2.24) is 25.1 Å². The Labute approximate surface area is 145 Å². The molecule has 2 aliphatic rings.